The van der Waals surface area contributed by atoms with E-state index in [9.17, 15) is 0 Å². The van der Waals surface area contributed by atoms with Gasteiger partial charge in [0, 0.05) is 22.1 Å². The molecule has 1 aromatic heterocycles. The summed E-state index contributed by atoms with van der Waals surface area (Å²) in [6.45, 7) is 4.61. The summed E-state index contributed by atoms with van der Waals surface area (Å²) in [7, 11) is 0. The van der Waals surface area contributed by atoms with E-state index >= 15 is 0 Å². The van der Waals surface area contributed by atoms with Crippen LogP contribution in [0.25, 0.3) is 44.9 Å². The number of nitrogens with zero attached hydrogens (tertiary/aromatic N) is 2. The first-order chi connectivity index (χ1) is 16.1. The standard InChI is InChI=1S/C31H24N2/c1-31(2)26-16-10-9-15-24(26)25-18-17-23(19-27(25)31)28-20-32-29(21-11-5-3-6-12-21)30(33-28)22-13-7-4-8-14-22/h3-20H,1-2H3. The molecule has 0 amide bonds. The summed E-state index contributed by atoms with van der Waals surface area (Å²) in [6.07, 6.45) is 1.91. The van der Waals surface area contributed by atoms with Crippen molar-refractivity contribution in [2.45, 2.75) is 19.3 Å². The molecule has 0 saturated carbocycles. The fourth-order valence-electron chi connectivity index (χ4n) is 5.00. The van der Waals surface area contributed by atoms with Crippen LogP contribution < -0.4 is 0 Å². The Labute approximate surface area is 194 Å². The highest BCUT2D eigenvalue weighted by atomic mass is 14.8. The minimum absolute atomic E-state index is 0.0401. The van der Waals surface area contributed by atoms with Crippen LogP contribution >= 0.6 is 0 Å². The van der Waals surface area contributed by atoms with Gasteiger partial charge in [-0.05, 0) is 28.3 Å². The van der Waals surface area contributed by atoms with E-state index in [1.54, 1.807) is 0 Å². The monoisotopic (exact) mass is 424 g/mol. The molecular weight excluding hydrogens is 400 g/mol. The van der Waals surface area contributed by atoms with Gasteiger partial charge in [-0.1, -0.05) is 111 Å². The van der Waals surface area contributed by atoms with Crippen LogP contribution in [0, 0.1) is 0 Å². The highest BCUT2D eigenvalue weighted by Gasteiger charge is 2.35. The summed E-state index contributed by atoms with van der Waals surface area (Å²) in [5.74, 6) is 0. The van der Waals surface area contributed by atoms with Crippen LogP contribution in [0.1, 0.15) is 25.0 Å². The van der Waals surface area contributed by atoms with Crippen molar-refractivity contribution in [1.29, 1.82) is 0 Å². The first kappa shape index (κ1) is 19.6. The molecule has 0 aliphatic heterocycles. The van der Waals surface area contributed by atoms with Crippen LogP contribution in [0.2, 0.25) is 0 Å². The molecule has 0 atom stereocenters. The van der Waals surface area contributed by atoms with Gasteiger partial charge in [0.1, 0.15) is 0 Å². The fraction of sp³-hybridized carbons (Fsp3) is 0.0968. The second kappa shape index (κ2) is 7.53. The smallest absolute Gasteiger partial charge is 0.0972 e. The Bertz CT molecular complexity index is 1470. The highest BCUT2D eigenvalue weighted by molar-refractivity contribution is 5.84. The summed E-state index contributed by atoms with van der Waals surface area (Å²) < 4.78 is 0. The van der Waals surface area contributed by atoms with Crippen LogP contribution in [0.4, 0.5) is 0 Å². The molecule has 0 spiro atoms. The topological polar surface area (TPSA) is 25.8 Å². The maximum absolute atomic E-state index is 5.15. The number of aromatic nitrogens is 2. The summed E-state index contributed by atoms with van der Waals surface area (Å²) >= 11 is 0. The molecule has 2 heteroatoms. The average Bonchev–Trinajstić information content (AvgIpc) is 3.11. The van der Waals surface area contributed by atoms with Gasteiger partial charge in [0.05, 0.1) is 23.3 Å². The molecule has 0 radical (unpaired) electrons. The minimum Gasteiger partial charge on any atom is -0.252 e. The maximum Gasteiger partial charge on any atom is 0.0972 e. The number of benzene rings is 4. The second-order valence-electron chi connectivity index (χ2n) is 9.12. The first-order valence-electron chi connectivity index (χ1n) is 11.4. The molecule has 2 nitrogen and oxygen atoms in total. The van der Waals surface area contributed by atoms with E-state index in [-0.39, 0.29) is 5.41 Å². The zero-order chi connectivity index (χ0) is 22.4. The molecule has 0 bridgehead atoms. The lowest BCUT2D eigenvalue weighted by molar-refractivity contribution is 0.660. The number of hydrogen-bond acceptors (Lipinski definition) is 2. The third-order valence-corrected chi connectivity index (χ3v) is 6.75. The van der Waals surface area contributed by atoms with E-state index in [0.717, 1.165) is 33.8 Å². The molecule has 4 aromatic carbocycles. The lowest BCUT2D eigenvalue weighted by Gasteiger charge is -2.22. The Morgan fingerprint density at radius 2 is 1.15 bits per heavy atom. The van der Waals surface area contributed by atoms with Crippen LogP contribution in [-0.4, -0.2) is 9.97 Å². The van der Waals surface area contributed by atoms with Gasteiger partial charge in [0.25, 0.3) is 0 Å². The van der Waals surface area contributed by atoms with Crippen molar-refractivity contribution in [1.82, 2.24) is 9.97 Å². The SMILES string of the molecule is CC1(C)c2ccccc2-c2ccc(-c3cnc(-c4ccccc4)c(-c4ccccc4)n3)cc21. The third-order valence-electron chi connectivity index (χ3n) is 6.75. The molecule has 0 fully saturated rings. The van der Waals surface area contributed by atoms with Crippen molar-refractivity contribution in [2.24, 2.45) is 0 Å². The maximum atomic E-state index is 5.15. The van der Waals surface area contributed by atoms with Crippen molar-refractivity contribution in [3.05, 3.63) is 120 Å². The molecule has 0 saturated heterocycles. The number of hydrogen-bond donors (Lipinski definition) is 0. The average molecular weight is 425 g/mol. The van der Waals surface area contributed by atoms with Crippen molar-refractivity contribution < 1.29 is 0 Å². The van der Waals surface area contributed by atoms with Gasteiger partial charge >= 0.3 is 0 Å². The Hall–Kier alpha value is -4.04. The molecule has 158 valence electrons. The van der Waals surface area contributed by atoms with Crippen molar-refractivity contribution in [2.75, 3.05) is 0 Å². The van der Waals surface area contributed by atoms with Gasteiger partial charge in [0.2, 0.25) is 0 Å². The molecule has 0 unspecified atom stereocenters. The van der Waals surface area contributed by atoms with Crippen LogP contribution in [0.5, 0.6) is 0 Å². The molecule has 5 aromatic rings. The van der Waals surface area contributed by atoms with Gasteiger partial charge in [-0.15, -0.1) is 0 Å². The summed E-state index contributed by atoms with van der Waals surface area (Å²) in [4.78, 5) is 10.1. The zero-order valence-electron chi connectivity index (χ0n) is 18.8. The van der Waals surface area contributed by atoms with Gasteiger partial charge in [0.15, 0.2) is 0 Å². The van der Waals surface area contributed by atoms with Crippen LogP contribution in [-0.2, 0) is 5.41 Å². The predicted octanol–water partition coefficient (Wildman–Crippen LogP) is 7.78. The normalized spacial score (nSPS) is 13.4. The number of fused-ring (bicyclic) bond motifs is 3. The van der Waals surface area contributed by atoms with E-state index < -0.39 is 0 Å². The van der Waals surface area contributed by atoms with Gasteiger partial charge in [-0.25, -0.2) is 4.98 Å². The van der Waals surface area contributed by atoms with E-state index in [0.29, 0.717) is 0 Å². The van der Waals surface area contributed by atoms with E-state index in [1.165, 1.54) is 22.3 Å². The van der Waals surface area contributed by atoms with Crippen molar-refractivity contribution in [3.8, 4) is 44.9 Å². The lowest BCUT2D eigenvalue weighted by atomic mass is 9.82. The summed E-state index contributed by atoms with van der Waals surface area (Å²) in [5, 5.41) is 0. The predicted molar refractivity (Wildman–Crippen MR) is 136 cm³/mol. The lowest BCUT2D eigenvalue weighted by Crippen LogP contribution is -2.14. The van der Waals surface area contributed by atoms with E-state index in [2.05, 4.69) is 80.6 Å². The highest BCUT2D eigenvalue weighted by Crippen LogP contribution is 2.49. The Kier molecular flexibility index (Phi) is 4.48. The number of rotatable bonds is 3. The summed E-state index contributed by atoms with van der Waals surface area (Å²) in [5.41, 5.74) is 11.3. The van der Waals surface area contributed by atoms with E-state index in [1.807, 2.05) is 42.6 Å². The molecule has 1 heterocycles. The van der Waals surface area contributed by atoms with Crippen LogP contribution in [0.3, 0.4) is 0 Å². The molecular formula is C31H24N2. The molecule has 0 N–H and O–H groups in total. The molecule has 6 rings (SSSR count). The minimum atomic E-state index is -0.0401. The van der Waals surface area contributed by atoms with E-state index in [4.69, 9.17) is 9.97 Å². The first-order valence-corrected chi connectivity index (χ1v) is 11.4. The Morgan fingerprint density at radius 3 is 1.88 bits per heavy atom. The fourth-order valence-corrected chi connectivity index (χ4v) is 5.00. The third kappa shape index (κ3) is 3.18. The van der Waals surface area contributed by atoms with Crippen molar-refractivity contribution in [3.63, 3.8) is 0 Å². The van der Waals surface area contributed by atoms with Gasteiger partial charge < -0.3 is 0 Å². The molecule has 33 heavy (non-hydrogen) atoms. The van der Waals surface area contributed by atoms with Crippen molar-refractivity contribution >= 4 is 0 Å². The summed E-state index contributed by atoms with van der Waals surface area (Å²) in [6, 6.07) is 36.1. The quantitative estimate of drug-likeness (QED) is 0.295. The molecule has 1 aliphatic rings. The van der Waals surface area contributed by atoms with Gasteiger partial charge in [-0.2, -0.15) is 0 Å². The van der Waals surface area contributed by atoms with Gasteiger partial charge in [-0.3, -0.25) is 4.98 Å². The zero-order valence-corrected chi connectivity index (χ0v) is 18.8. The Balaban J connectivity index is 1.51. The molecule has 1 aliphatic carbocycles. The Morgan fingerprint density at radius 1 is 0.545 bits per heavy atom. The second-order valence-corrected chi connectivity index (χ2v) is 9.12. The largest absolute Gasteiger partial charge is 0.252 e. The van der Waals surface area contributed by atoms with Crippen LogP contribution in [0.15, 0.2) is 109 Å².